The number of aliphatic hydroxyl groups is 1. The van der Waals surface area contributed by atoms with Crippen LogP contribution in [-0.4, -0.2) is 17.8 Å². The van der Waals surface area contributed by atoms with Gasteiger partial charge in [-0.3, -0.25) is 0 Å². The molecule has 0 amide bonds. The van der Waals surface area contributed by atoms with Crippen molar-refractivity contribution in [2.45, 2.75) is 39.2 Å². The number of hydrogen-bond acceptors (Lipinski definition) is 2. The lowest BCUT2D eigenvalue weighted by Crippen LogP contribution is -2.46. The zero-order valence-electron chi connectivity index (χ0n) is 8.01. The quantitative estimate of drug-likeness (QED) is 0.618. The van der Waals surface area contributed by atoms with Gasteiger partial charge in [0.15, 0.2) is 0 Å². The minimum atomic E-state index is -0.116. The van der Waals surface area contributed by atoms with E-state index in [1.807, 2.05) is 0 Å². The summed E-state index contributed by atoms with van der Waals surface area (Å²) in [6.07, 6.45) is 3.44. The van der Waals surface area contributed by atoms with Crippen LogP contribution in [0, 0.1) is 16.7 Å². The number of fused-ring (bicyclic) bond motifs is 2. The molecule has 3 atom stereocenters. The van der Waals surface area contributed by atoms with Crippen molar-refractivity contribution < 1.29 is 5.11 Å². The van der Waals surface area contributed by atoms with Crippen LogP contribution in [0.2, 0.25) is 0 Å². The molecule has 0 aromatic carbocycles. The normalized spacial score (nSPS) is 50.0. The van der Waals surface area contributed by atoms with Crippen LogP contribution < -0.4 is 5.73 Å². The molecule has 12 heavy (non-hydrogen) atoms. The van der Waals surface area contributed by atoms with Crippen molar-refractivity contribution in [3.63, 3.8) is 0 Å². The maximum atomic E-state index is 9.99. The topological polar surface area (TPSA) is 46.2 Å². The number of nitrogens with two attached hydrogens (primary N) is 1. The minimum absolute atomic E-state index is 0.0463. The minimum Gasteiger partial charge on any atom is -0.392 e. The smallest absolute Gasteiger partial charge is 0.0625 e. The second-order valence-corrected chi connectivity index (χ2v) is 5.15. The van der Waals surface area contributed by atoms with Gasteiger partial charge in [0.25, 0.3) is 0 Å². The third kappa shape index (κ3) is 0.728. The van der Waals surface area contributed by atoms with E-state index in [1.165, 1.54) is 12.8 Å². The molecular weight excluding hydrogens is 150 g/mol. The van der Waals surface area contributed by atoms with Gasteiger partial charge >= 0.3 is 0 Å². The van der Waals surface area contributed by atoms with E-state index >= 15 is 0 Å². The van der Waals surface area contributed by atoms with Crippen LogP contribution in [0.4, 0.5) is 0 Å². The van der Waals surface area contributed by atoms with Gasteiger partial charge in [-0.2, -0.15) is 0 Å². The Hall–Kier alpha value is -0.0800. The Labute approximate surface area is 74.1 Å². The summed E-state index contributed by atoms with van der Waals surface area (Å²) in [5.74, 6) is 0.531. The van der Waals surface area contributed by atoms with E-state index < -0.39 is 0 Å². The Balaban J connectivity index is 2.35. The van der Waals surface area contributed by atoms with Crippen LogP contribution in [0.3, 0.4) is 0 Å². The zero-order chi connectivity index (χ0) is 8.98. The monoisotopic (exact) mass is 169 g/mol. The SMILES string of the molecule is CC1(C)C(O)C2CCC1(CN)C2. The predicted molar refractivity (Wildman–Crippen MR) is 48.6 cm³/mol. The Morgan fingerprint density at radius 2 is 2.17 bits per heavy atom. The van der Waals surface area contributed by atoms with Gasteiger partial charge in [0.1, 0.15) is 0 Å². The Kier molecular flexibility index (Phi) is 1.59. The highest BCUT2D eigenvalue weighted by molar-refractivity contribution is 5.11. The van der Waals surface area contributed by atoms with Gasteiger partial charge in [-0.25, -0.2) is 0 Å². The lowest BCUT2D eigenvalue weighted by atomic mass is 9.64. The summed E-state index contributed by atoms with van der Waals surface area (Å²) in [5.41, 5.74) is 6.13. The highest BCUT2D eigenvalue weighted by Crippen LogP contribution is 2.63. The van der Waals surface area contributed by atoms with Crippen LogP contribution in [0.25, 0.3) is 0 Å². The Morgan fingerprint density at radius 1 is 1.50 bits per heavy atom. The molecule has 0 spiro atoms. The maximum Gasteiger partial charge on any atom is 0.0625 e. The van der Waals surface area contributed by atoms with Crippen molar-refractivity contribution >= 4 is 0 Å². The molecule has 3 N–H and O–H groups in total. The summed E-state index contributed by atoms with van der Waals surface area (Å²) in [6, 6.07) is 0. The van der Waals surface area contributed by atoms with E-state index in [1.54, 1.807) is 0 Å². The summed E-state index contributed by atoms with van der Waals surface area (Å²) in [4.78, 5) is 0. The molecule has 0 radical (unpaired) electrons. The first-order chi connectivity index (χ1) is 5.53. The van der Waals surface area contributed by atoms with Crippen LogP contribution >= 0.6 is 0 Å². The zero-order valence-corrected chi connectivity index (χ0v) is 8.01. The van der Waals surface area contributed by atoms with Crippen LogP contribution in [0.1, 0.15) is 33.1 Å². The van der Waals surface area contributed by atoms with E-state index in [2.05, 4.69) is 13.8 Å². The van der Waals surface area contributed by atoms with Crippen LogP contribution in [0.5, 0.6) is 0 Å². The lowest BCUT2D eigenvalue weighted by molar-refractivity contribution is -0.0340. The number of rotatable bonds is 1. The molecule has 0 saturated heterocycles. The third-order valence-corrected chi connectivity index (χ3v) is 4.59. The number of aliphatic hydroxyl groups excluding tert-OH is 1. The molecule has 2 nitrogen and oxygen atoms in total. The van der Waals surface area contributed by atoms with Crippen LogP contribution in [0.15, 0.2) is 0 Å². The van der Waals surface area contributed by atoms with Crippen molar-refractivity contribution in [1.82, 2.24) is 0 Å². The van der Waals surface area contributed by atoms with Crippen molar-refractivity contribution in [3.05, 3.63) is 0 Å². The fourth-order valence-electron chi connectivity index (χ4n) is 3.37. The van der Waals surface area contributed by atoms with Crippen molar-refractivity contribution in [2.24, 2.45) is 22.5 Å². The average molecular weight is 169 g/mol. The average Bonchev–Trinajstić information content (AvgIpc) is 2.53. The maximum absolute atomic E-state index is 9.99. The first kappa shape index (κ1) is 8.52. The Bertz CT molecular complexity index is 202. The molecule has 2 saturated carbocycles. The molecule has 2 aliphatic rings. The molecule has 2 fully saturated rings. The molecule has 2 aliphatic carbocycles. The van der Waals surface area contributed by atoms with Gasteiger partial charge in [0.05, 0.1) is 6.10 Å². The first-order valence-corrected chi connectivity index (χ1v) is 4.92. The highest BCUT2D eigenvalue weighted by Gasteiger charge is 2.61. The second kappa shape index (κ2) is 2.24. The van der Waals surface area contributed by atoms with E-state index in [9.17, 15) is 5.11 Å². The van der Waals surface area contributed by atoms with Gasteiger partial charge in [-0.15, -0.1) is 0 Å². The Morgan fingerprint density at radius 3 is 2.50 bits per heavy atom. The second-order valence-electron chi connectivity index (χ2n) is 5.15. The summed E-state index contributed by atoms with van der Waals surface area (Å²) in [5, 5.41) is 9.99. The largest absolute Gasteiger partial charge is 0.392 e. The molecule has 0 heterocycles. The fraction of sp³-hybridized carbons (Fsp3) is 1.00. The molecule has 2 heteroatoms. The summed E-state index contributed by atoms with van der Waals surface area (Å²) in [6.45, 7) is 5.08. The van der Waals surface area contributed by atoms with Crippen molar-refractivity contribution in [2.75, 3.05) is 6.54 Å². The molecule has 0 aliphatic heterocycles. The molecule has 2 rings (SSSR count). The summed E-state index contributed by atoms with van der Waals surface area (Å²) in [7, 11) is 0. The van der Waals surface area contributed by atoms with Gasteiger partial charge in [0, 0.05) is 0 Å². The summed E-state index contributed by atoms with van der Waals surface area (Å²) >= 11 is 0. The van der Waals surface area contributed by atoms with Crippen molar-refractivity contribution in [3.8, 4) is 0 Å². The molecule has 0 aromatic rings. The fourth-order valence-corrected chi connectivity index (χ4v) is 3.37. The highest BCUT2D eigenvalue weighted by atomic mass is 16.3. The van der Waals surface area contributed by atoms with E-state index in [0.717, 1.165) is 13.0 Å². The standard InChI is InChI=1S/C10H19NO/c1-9(2)8(12)7-3-4-10(9,5-7)6-11/h7-8,12H,3-6,11H2,1-2H3. The van der Waals surface area contributed by atoms with E-state index in [0.29, 0.717) is 5.92 Å². The molecule has 0 aromatic heterocycles. The van der Waals surface area contributed by atoms with Gasteiger partial charge in [-0.05, 0) is 42.6 Å². The lowest BCUT2D eigenvalue weighted by Gasteiger charge is -2.43. The van der Waals surface area contributed by atoms with Gasteiger partial charge in [0.2, 0.25) is 0 Å². The van der Waals surface area contributed by atoms with Crippen LogP contribution in [-0.2, 0) is 0 Å². The third-order valence-electron chi connectivity index (χ3n) is 4.59. The van der Waals surface area contributed by atoms with E-state index in [4.69, 9.17) is 5.73 Å². The molecule has 2 bridgehead atoms. The predicted octanol–water partition coefficient (Wildman–Crippen LogP) is 1.13. The van der Waals surface area contributed by atoms with Gasteiger partial charge in [-0.1, -0.05) is 13.8 Å². The van der Waals surface area contributed by atoms with Gasteiger partial charge < -0.3 is 10.8 Å². The molecule has 70 valence electrons. The van der Waals surface area contributed by atoms with E-state index in [-0.39, 0.29) is 16.9 Å². The summed E-state index contributed by atoms with van der Waals surface area (Å²) < 4.78 is 0. The number of hydrogen-bond donors (Lipinski definition) is 2. The first-order valence-electron chi connectivity index (χ1n) is 4.92. The molecular formula is C10H19NO. The van der Waals surface area contributed by atoms with Crippen molar-refractivity contribution in [1.29, 1.82) is 0 Å². The molecule has 3 unspecified atom stereocenters.